The van der Waals surface area contributed by atoms with E-state index in [1.807, 2.05) is 30.3 Å². The normalized spacial score (nSPS) is 15.1. The molecule has 11 N–H and O–H groups in total. The Morgan fingerprint density at radius 2 is 1.35 bits per heavy atom. The Balaban J connectivity index is 2.90. The van der Waals surface area contributed by atoms with E-state index < -0.39 is 54.0 Å². The first-order valence-electron chi connectivity index (χ1n) is 12.6. The third-order valence-electron chi connectivity index (χ3n) is 5.84. The summed E-state index contributed by atoms with van der Waals surface area (Å²) in [5.74, 6) is -3.33. The van der Waals surface area contributed by atoms with Crippen LogP contribution in [0.5, 0.6) is 0 Å². The zero-order valence-electron chi connectivity index (χ0n) is 21.4. The van der Waals surface area contributed by atoms with E-state index in [-0.39, 0.29) is 19.3 Å². The summed E-state index contributed by atoms with van der Waals surface area (Å²) < 4.78 is 0. The number of rotatable bonds is 18. The van der Waals surface area contributed by atoms with Crippen LogP contribution >= 0.6 is 0 Å². The topological polar surface area (TPSA) is 223 Å². The van der Waals surface area contributed by atoms with Crippen molar-refractivity contribution < 1.29 is 29.4 Å². The van der Waals surface area contributed by atoms with Gasteiger partial charge >= 0.3 is 5.97 Å². The van der Waals surface area contributed by atoms with Gasteiger partial charge in [-0.1, -0.05) is 30.3 Å². The van der Waals surface area contributed by atoms with E-state index in [4.69, 9.17) is 17.2 Å². The SMILES string of the molecule is CC(O)C(NC(=O)C(CCCCN)NC(=O)C(N)Cc1ccccc1)C(=O)NC(CCCCN)C(=O)O. The van der Waals surface area contributed by atoms with Gasteiger partial charge in [0, 0.05) is 0 Å². The van der Waals surface area contributed by atoms with Crippen LogP contribution in [0.2, 0.25) is 0 Å². The lowest BCUT2D eigenvalue weighted by molar-refractivity contribution is -0.143. The van der Waals surface area contributed by atoms with Crippen LogP contribution in [0.4, 0.5) is 0 Å². The number of carbonyl (C=O) groups is 4. The third kappa shape index (κ3) is 12.2. The molecule has 12 nitrogen and oxygen atoms in total. The van der Waals surface area contributed by atoms with Gasteiger partial charge < -0.3 is 43.4 Å². The number of unbranched alkanes of at least 4 members (excludes halogenated alkanes) is 2. The highest BCUT2D eigenvalue weighted by Gasteiger charge is 2.32. The lowest BCUT2D eigenvalue weighted by Gasteiger charge is -2.26. The van der Waals surface area contributed by atoms with Crippen LogP contribution < -0.4 is 33.2 Å². The summed E-state index contributed by atoms with van der Waals surface area (Å²) in [7, 11) is 0. The maximum absolute atomic E-state index is 13.1. The van der Waals surface area contributed by atoms with Crippen LogP contribution in [0.15, 0.2) is 30.3 Å². The minimum Gasteiger partial charge on any atom is -0.480 e. The number of amides is 3. The number of carboxylic acid groups (broad SMARTS) is 1. The van der Waals surface area contributed by atoms with Gasteiger partial charge in [-0.25, -0.2) is 4.79 Å². The summed E-state index contributed by atoms with van der Waals surface area (Å²) in [6.07, 6.45) is 1.53. The standard InChI is InChI=1S/C25H42N6O6/c1-16(32)21(24(35)30-20(25(36)37)12-6-8-14-27)31-23(34)19(11-5-7-13-26)29-22(33)18(28)15-17-9-3-2-4-10-17/h2-4,9-10,16,18-21,32H,5-8,11-15,26-28H2,1H3,(H,29,33)(H,30,35)(H,31,34)(H,36,37). The highest BCUT2D eigenvalue weighted by Crippen LogP contribution is 2.07. The molecule has 3 amide bonds. The lowest BCUT2D eigenvalue weighted by Crippen LogP contribution is -2.59. The van der Waals surface area contributed by atoms with Crippen molar-refractivity contribution in [1.82, 2.24) is 16.0 Å². The zero-order valence-corrected chi connectivity index (χ0v) is 21.4. The largest absolute Gasteiger partial charge is 0.480 e. The molecule has 0 saturated carbocycles. The third-order valence-corrected chi connectivity index (χ3v) is 5.84. The molecule has 5 unspecified atom stereocenters. The number of nitrogens with two attached hydrogens (primary N) is 3. The van der Waals surface area contributed by atoms with Crippen LogP contribution in [0.25, 0.3) is 0 Å². The van der Waals surface area contributed by atoms with Crippen molar-refractivity contribution in [2.45, 2.75) is 82.1 Å². The van der Waals surface area contributed by atoms with E-state index in [2.05, 4.69) is 16.0 Å². The van der Waals surface area contributed by atoms with E-state index in [0.717, 1.165) is 5.56 Å². The second-order valence-corrected chi connectivity index (χ2v) is 9.05. The smallest absolute Gasteiger partial charge is 0.326 e. The fourth-order valence-corrected chi connectivity index (χ4v) is 3.67. The number of carboxylic acids is 1. The van der Waals surface area contributed by atoms with E-state index in [1.54, 1.807) is 0 Å². The van der Waals surface area contributed by atoms with E-state index in [9.17, 15) is 29.4 Å². The maximum Gasteiger partial charge on any atom is 0.326 e. The van der Waals surface area contributed by atoms with Gasteiger partial charge in [-0.05, 0) is 70.5 Å². The number of carbonyl (C=O) groups excluding carboxylic acids is 3. The van der Waals surface area contributed by atoms with Crippen LogP contribution in [0, 0.1) is 0 Å². The van der Waals surface area contributed by atoms with Gasteiger partial charge in [0.2, 0.25) is 17.7 Å². The molecule has 0 spiro atoms. The molecule has 12 heteroatoms. The molecule has 5 atom stereocenters. The van der Waals surface area contributed by atoms with Crippen molar-refractivity contribution in [3.8, 4) is 0 Å². The number of nitrogens with one attached hydrogen (secondary N) is 3. The summed E-state index contributed by atoms with van der Waals surface area (Å²) in [6, 6.07) is 4.61. The Labute approximate surface area is 217 Å². The van der Waals surface area contributed by atoms with Gasteiger partial charge in [-0.3, -0.25) is 14.4 Å². The van der Waals surface area contributed by atoms with Gasteiger partial charge in [0.05, 0.1) is 12.1 Å². The fraction of sp³-hybridized carbons (Fsp3) is 0.600. The highest BCUT2D eigenvalue weighted by atomic mass is 16.4. The first kappa shape index (κ1) is 32.0. The van der Waals surface area contributed by atoms with Crippen LogP contribution in [-0.2, 0) is 25.6 Å². The van der Waals surface area contributed by atoms with Gasteiger partial charge in [0.1, 0.15) is 18.1 Å². The average molecular weight is 523 g/mol. The van der Waals surface area contributed by atoms with E-state index in [0.29, 0.717) is 38.8 Å². The monoisotopic (exact) mass is 522 g/mol. The number of aliphatic hydroxyl groups excluding tert-OH is 1. The number of hydrogen-bond donors (Lipinski definition) is 8. The quantitative estimate of drug-likeness (QED) is 0.107. The number of benzene rings is 1. The maximum atomic E-state index is 13.1. The van der Waals surface area contributed by atoms with Crippen molar-refractivity contribution in [2.75, 3.05) is 13.1 Å². The molecule has 0 aliphatic heterocycles. The molecule has 0 heterocycles. The van der Waals surface area contributed by atoms with Crippen LogP contribution in [-0.4, -0.2) is 77.3 Å². The Bertz CT molecular complexity index is 853. The minimum atomic E-state index is -1.43. The minimum absolute atomic E-state index is 0.149. The molecule has 0 fully saturated rings. The Kier molecular flexibility index (Phi) is 15.0. The van der Waals surface area contributed by atoms with Gasteiger partial charge in [-0.2, -0.15) is 0 Å². The highest BCUT2D eigenvalue weighted by molar-refractivity contribution is 5.94. The molecular weight excluding hydrogens is 480 g/mol. The molecule has 0 aliphatic carbocycles. The molecule has 0 aromatic heterocycles. The molecule has 0 bridgehead atoms. The molecule has 37 heavy (non-hydrogen) atoms. The second-order valence-electron chi connectivity index (χ2n) is 9.05. The van der Waals surface area contributed by atoms with Crippen molar-refractivity contribution in [3.63, 3.8) is 0 Å². The van der Waals surface area contributed by atoms with Crippen molar-refractivity contribution in [1.29, 1.82) is 0 Å². The molecule has 1 rings (SSSR count). The first-order chi connectivity index (χ1) is 17.6. The predicted octanol–water partition coefficient (Wildman–Crippen LogP) is -1.27. The first-order valence-corrected chi connectivity index (χ1v) is 12.6. The van der Waals surface area contributed by atoms with Crippen molar-refractivity contribution in [3.05, 3.63) is 35.9 Å². The second kappa shape index (κ2) is 17.4. The molecule has 1 aromatic rings. The lowest BCUT2D eigenvalue weighted by atomic mass is 10.0. The Morgan fingerprint density at radius 3 is 1.86 bits per heavy atom. The van der Waals surface area contributed by atoms with Crippen LogP contribution in [0.1, 0.15) is 51.0 Å². The zero-order chi connectivity index (χ0) is 27.8. The molecule has 208 valence electrons. The summed E-state index contributed by atoms with van der Waals surface area (Å²) in [5, 5.41) is 27.0. The molecule has 0 radical (unpaired) electrons. The van der Waals surface area contributed by atoms with E-state index >= 15 is 0 Å². The average Bonchev–Trinajstić information content (AvgIpc) is 2.86. The number of hydrogen-bond acceptors (Lipinski definition) is 8. The Hall–Kier alpha value is -3.06. The summed E-state index contributed by atoms with van der Waals surface area (Å²) in [4.78, 5) is 50.2. The number of aliphatic hydroxyl groups is 1. The molecule has 0 aliphatic rings. The van der Waals surface area contributed by atoms with Crippen LogP contribution in [0.3, 0.4) is 0 Å². The molecular formula is C25H42N6O6. The van der Waals surface area contributed by atoms with Crippen molar-refractivity contribution in [2.24, 2.45) is 17.2 Å². The van der Waals surface area contributed by atoms with Crippen molar-refractivity contribution >= 4 is 23.7 Å². The fourth-order valence-electron chi connectivity index (χ4n) is 3.67. The molecule has 1 aromatic carbocycles. The van der Waals surface area contributed by atoms with Gasteiger partial charge in [0.25, 0.3) is 0 Å². The number of aliphatic carboxylic acids is 1. The Morgan fingerprint density at radius 1 is 0.811 bits per heavy atom. The summed E-state index contributed by atoms with van der Waals surface area (Å²) >= 11 is 0. The molecule has 0 saturated heterocycles. The predicted molar refractivity (Wildman–Crippen MR) is 139 cm³/mol. The van der Waals surface area contributed by atoms with Gasteiger partial charge in [0.15, 0.2) is 0 Å². The van der Waals surface area contributed by atoms with E-state index in [1.165, 1.54) is 6.92 Å². The summed E-state index contributed by atoms with van der Waals surface area (Å²) in [6.45, 7) is 2.08. The summed E-state index contributed by atoms with van der Waals surface area (Å²) in [5.41, 5.74) is 17.9. The van der Waals surface area contributed by atoms with Gasteiger partial charge in [-0.15, -0.1) is 0 Å².